The minimum Gasteiger partial charge on any atom is -0.343 e. The number of likely N-dealkylation sites (tertiary alicyclic amines) is 1. The lowest BCUT2D eigenvalue weighted by Crippen LogP contribution is -2.38. The standard InChI is InChI=1S/C12H21N2O/c15-12(14-8-2-1-3-9-14)10-11-4-6-13-7-5-11/h1,11,13H,2-10H2. The van der Waals surface area contributed by atoms with Crippen molar-refractivity contribution in [2.24, 2.45) is 5.92 Å². The van der Waals surface area contributed by atoms with Crippen LogP contribution in [0.15, 0.2) is 0 Å². The quantitative estimate of drug-likeness (QED) is 0.741. The van der Waals surface area contributed by atoms with Crippen LogP contribution in [0.5, 0.6) is 0 Å². The number of hydrogen-bond donors (Lipinski definition) is 1. The van der Waals surface area contributed by atoms with E-state index in [1.807, 2.05) is 4.90 Å². The Morgan fingerprint density at radius 2 is 1.93 bits per heavy atom. The van der Waals surface area contributed by atoms with Gasteiger partial charge in [0.1, 0.15) is 0 Å². The summed E-state index contributed by atoms with van der Waals surface area (Å²) in [5, 5.41) is 3.34. The van der Waals surface area contributed by atoms with Gasteiger partial charge in [0.15, 0.2) is 0 Å². The molecule has 0 aromatic heterocycles. The molecular weight excluding hydrogens is 188 g/mol. The lowest BCUT2D eigenvalue weighted by atomic mass is 9.94. The number of hydrogen-bond acceptors (Lipinski definition) is 2. The molecular formula is C12H21N2O. The molecule has 85 valence electrons. The van der Waals surface area contributed by atoms with Crippen molar-refractivity contribution in [2.75, 3.05) is 26.2 Å². The minimum atomic E-state index is 0.384. The summed E-state index contributed by atoms with van der Waals surface area (Å²) in [7, 11) is 0. The average Bonchev–Trinajstić information content (AvgIpc) is 2.31. The molecule has 1 radical (unpaired) electrons. The topological polar surface area (TPSA) is 32.3 Å². The predicted octanol–water partition coefficient (Wildman–Crippen LogP) is 1.20. The Kier molecular flexibility index (Phi) is 4.01. The number of carbonyl (C=O) groups excluding carboxylic acids is 1. The van der Waals surface area contributed by atoms with Gasteiger partial charge in [0.2, 0.25) is 5.91 Å². The van der Waals surface area contributed by atoms with Crippen LogP contribution in [0.1, 0.15) is 32.1 Å². The molecule has 2 rings (SSSR count). The van der Waals surface area contributed by atoms with Gasteiger partial charge in [-0.3, -0.25) is 4.79 Å². The smallest absolute Gasteiger partial charge is 0.222 e. The molecule has 15 heavy (non-hydrogen) atoms. The van der Waals surface area contributed by atoms with Gasteiger partial charge in [-0.15, -0.1) is 0 Å². The summed E-state index contributed by atoms with van der Waals surface area (Å²) in [6.07, 6.45) is 7.57. The summed E-state index contributed by atoms with van der Waals surface area (Å²) < 4.78 is 0. The maximum atomic E-state index is 12.0. The molecule has 2 fully saturated rings. The van der Waals surface area contributed by atoms with Crippen LogP contribution >= 0.6 is 0 Å². The molecule has 0 unspecified atom stereocenters. The second-order valence-electron chi connectivity index (χ2n) is 4.64. The SMILES string of the molecule is O=C(CC1CCNCC1)N1CC[CH]CC1. The second kappa shape index (κ2) is 5.50. The minimum absolute atomic E-state index is 0.384. The molecule has 1 amide bonds. The van der Waals surface area contributed by atoms with Crippen LogP contribution in [0.25, 0.3) is 0 Å². The Balaban J connectivity index is 1.74. The van der Waals surface area contributed by atoms with E-state index in [1.165, 1.54) is 12.8 Å². The van der Waals surface area contributed by atoms with Crippen molar-refractivity contribution in [3.05, 3.63) is 6.42 Å². The molecule has 0 aromatic rings. The van der Waals surface area contributed by atoms with Gasteiger partial charge in [-0.1, -0.05) is 0 Å². The van der Waals surface area contributed by atoms with Crippen molar-refractivity contribution in [3.8, 4) is 0 Å². The van der Waals surface area contributed by atoms with Gasteiger partial charge in [-0.25, -0.2) is 0 Å². The highest BCUT2D eigenvalue weighted by atomic mass is 16.2. The fourth-order valence-corrected chi connectivity index (χ4v) is 2.46. The lowest BCUT2D eigenvalue weighted by molar-refractivity contribution is -0.132. The van der Waals surface area contributed by atoms with E-state index in [2.05, 4.69) is 11.7 Å². The lowest BCUT2D eigenvalue weighted by Gasteiger charge is -2.29. The molecule has 1 N–H and O–H groups in total. The first-order valence-electron chi connectivity index (χ1n) is 6.16. The van der Waals surface area contributed by atoms with Gasteiger partial charge in [0, 0.05) is 19.5 Å². The number of rotatable bonds is 2. The summed E-state index contributed by atoms with van der Waals surface area (Å²) in [6.45, 7) is 4.07. The van der Waals surface area contributed by atoms with E-state index in [9.17, 15) is 4.79 Å². The Morgan fingerprint density at radius 1 is 1.27 bits per heavy atom. The van der Waals surface area contributed by atoms with E-state index in [0.29, 0.717) is 11.8 Å². The van der Waals surface area contributed by atoms with Gasteiger partial charge in [-0.05, 0) is 51.1 Å². The van der Waals surface area contributed by atoms with Crippen LogP contribution in [0, 0.1) is 12.3 Å². The maximum absolute atomic E-state index is 12.0. The fraction of sp³-hybridized carbons (Fsp3) is 0.833. The zero-order chi connectivity index (χ0) is 10.5. The van der Waals surface area contributed by atoms with Crippen LogP contribution in [-0.2, 0) is 4.79 Å². The molecule has 0 aliphatic carbocycles. The number of piperidine rings is 2. The Labute approximate surface area is 92.2 Å². The van der Waals surface area contributed by atoms with Crippen molar-refractivity contribution in [1.82, 2.24) is 10.2 Å². The zero-order valence-corrected chi connectivity index (χ0v) is 9.37. The normalized spacial score (nSPS) is 24.1. The number of nitrogens with one attached hydrogen (secondary N) is 1. The number of carbonyl (C=O) groups is 1. The van der Waals surface area contributed by atoms with Crippen molar-refractivity contribution >= 4 is 5.91 Å². The van der Waals surface area contributed by atoms with Gasteiger partial charge in [0.05, 0.1) is 0 Å². The molecule has 0 aromatic carbocycles. The second-order valence-corrected chi connectivity index (χ2v) is 4.64. The van der Waals surface area contributed by atoms with Crippen molar-refractivity contribution in [3.63, 3.8) is 0 Å². The highest BCUT2D eigenvalue weighted by Crippen LogP contribution is 2.18. The summed E-state index contributed by atoms with van der Waals surface area (Å²) >= 11 is 0. The van der Waals surface area contributed by atoms with Crippen LogP contribution < -0.4 is 5.32 Å². The van der Waals surface area contributed by atoms with Gasteiger partial charge in [-0.2, -0.15) is 0 Å². The van der Waals surface area contributed by atoms with Crippen molar-refractivity contribution < 1.29 is 4.79 Å². The Morgan fingerprint density at radius 3 is 2.60 bits per heavy atom. The van der Waals surface area contributed by atoms with E-state index in [1.54, 1.807) is 0 Å². The van der Waals surface area contributed by atoms with E-state index >= 15 is 0 Å². The first-order chi connectivity index (χ1) is 7.36. The molecule has 2 aliphatic rings. The first kappa shape index (κ1) is 10.9. The third-order valence-corrected chi connectivity index (χ3v) is 3.48. The highest BCUT2D eigenvalue weighted by Gasteiger charge is 2.21. The predicted molar refractivity (Wildman–Crippen MR) is 60.3 cm³/mol. The largest absolute Gasteiger partial charge is 0.343 e. The Bertz CT molecular complexity index is 206. The third-order valence-electron chi connectivity index (χ3n) is 3.48. The summed E-state index contributed by atoms with van der Waals surface area (Å²) in [5.41, 5.74) is 0. The fourth-order valence-electron chi connectivity index (χ4n) is 2.46. The molecule has 0 bridgehead atoms. The van der Waals surface area contributed by atoms with Gasteiger partial charge in [0.25, 0.3) is 0 Å². The summed E-state index contributed by atoms with van der Waals surface area (Å²) in [6, 6.07) is 0. The van der Waals surface area contributed by atoms with Crippen LogP contribution in [0.2, 0.25) is 0 Å². The Hall–Kier alpha value is -0.570. The van der Waals surface area contributed by atoms with Crippen LogP contribution in [0.4, 0.5) is 0 Å². The van der Waals surface area contributed by atoms with Crippen molar-refractivity contribution in [2.45, 2.75) is 32.1 Å². The number of nitrogens with zero attached hydrogens (tertiary/aromatic N) is 1. The van der Waals surface area contributed by atoms with Gasteiger partial charge < -0.3 is 10.2 Å². The summed E-state index contributed by atoms with van der Waals surface area (Å²) in [4.78, 5) is 14.0. The van der Waals surface area contributed by atoms with Gasteiger partial charge >= 0.3 is 0 Å². The van der Waals surface area contributed by atoms with E-state index in [0.717, 1.165) is 45.4 Å². The molecule has 2 saturated heterocycles. The third kappa shape index (κ3) is 3.20. The highest BCUT2D eigenvalue weighted by molar-refractivity contribution is 5.76. The molecule has 3 heteroatoms. The molecule has 0 saturated carbocycles. The molecule has 2 heterocycles. The van der Waals surface area contributed by atoms with E-state index in [-0.39, 0.29) is 0 Å². The summed E-state index contributed by atoms with van der Waals surface area (Å²) in [5.74, 6) is 1.01. The van der Waals surface area contributed by atoms with Crippen LogP contribution in [0.3, 0.4) is 0 Å². The zero-order valence-electron chi connectivity index (χ0n) is 9.37. The molecule has 0 spiro atoms. The number of amides is 1. The van der Waals surface area contributed by atoms with E-state index in [4.69, 9.17) is 0 Å². The molecule has 0 atom stereocenters. The molecule has 2 aliphatic heterocycles. The average molecular weight is 209 g/mol. The molecule has 3 nitrogen and oxygen atoms in total. The monoisotopic (exact) mass is 209 g/mol. The maximum Gasteiger partial charge on any atom is 0.222 e. The van der Waals surface area contributed by atoms with Crippen LogP contribution in [-0.4, -0.2) is 37.0 Å². The first-order valence-corrected chi connectivity index (χ1v) is 6.16. The van der Waals surface area contributed by atoms with Crippen molar-refractivity contribution in [1.29, 1.82) is 0 Å². The van der Waals surface area contributed by atoms with E-state index < -0.39 is 0 Å².